The summed E-state index contributed by atoms with van der Waals surface area (Å²) in [6.45, 7) is 0. The molecule has 2 aromatic rings. The first-order chi connectivity index (χ1) is 6.40. The maximum Gasteiger partial charge on any atom is 0.118 e. The topological polar surface area (TPSA) is 25.0 Å². The van der Waals surface area contributed by atoms with Gasteiger partial charge in [0.15, 0.2) is 0 Å². The van der Waals surface area contributed by atoms with Crippen molar-refractivity contribution in [1.29, 1.82) is 0 Å². The summed E-state index contributed by atoms with van der Waals surface area (Å²) in [4.78, 5) is 3.03. The molecule has 1 N–H and O–H groups in total. The highest BCUT2D eigenvalue weighted by atomic mass is 16.5. The third kappa shape index (κ3) is 1.56. The Bertz CT molecular complexity index is 361. The van der Waals surface area contributed by atoms with Crippen molar-refractivity contribution in [2.75, 3.05) is 7.11 Å². The highest BCUT2D eigenvalue weighted by Gasteiger charge is 1.97. The molecule has 13 heavy (non-hydrogen) atoms. The molecule has 0 amide bonds. The molecule has 0 saturated carbocycles. The number of aromatic amines is 1. The van der Waals surface area contributed by atoms with Gasteiger partial charge in [-0.1, -0.05) is 0 Å². The number of benzene rings is 1. The summed E-state index contributed by atoms with van der Waals surface area (Å²) in [5.41, 5.74) is 2.21. The molecule has 0 atom stereocenters. The Morgan fingerprint density at radius 1 is 1.15 bits per heavy atom. The van der Waals surface area contributed by atoms with Crippen LogP contribution in [0.15, 0.2) is 36.4 Å². The average molecular weight is 172 g/mol. The van der Waals surface area contributed by atoms with E-state index in [1.54, 1.807) is 7.11 Å². The number of H-pyrrole nitrogens is 1. The Balaban J connectivity index is 2.33. The van der Waals surface area contributed by atoms with Crippen molar-refractivity contribution in [3.8, 4) is 17.0 Å². The SMILES string of the molecule is COc1ccc(-c2cc[c][nH]2)cc1. The maximum atomic E-state index is 5.07. The van der Waals surface area contributed by atoms with E-state index in [2.05, 4.69) is 11.2 Å². The Hall–Kier alpha value is -1.70. The van der Waals surface area contributed by atoms with Crippen molar-refractivity contribution < 1.29 is 4.74 Å². The largest absolute Gasteiger partial charge is 0.497 e. The highest BCUT2D eigenvalue weighted by molar-refractivity contribution is 5.59. The molecule has 0 bridgehead atoms. The Kier molecular flexibility index (Phi) is 2.04. The number of nitrogens with one attached hydrogen (secondary N) is 1. The van der Waals surface area contributed by atoms with E-state index in [9.17, 15) is 0 Å². The van der Waals surface area contributed by atoms with Gasteiger partial charge in [0.2, 0.25) is 0 Å². The molecule has 1 aromatic heterocycles. The quantitative estimate of drug-likeness (QED) is 0.739. The minimum absolute atomic E-state index is 0.874. The van der Waals surface area contributed by atoms with Crippen molar-refractivity contribution in [3.05, 3.63) is 42.6 Å². The zero-order valence-corrected chi connectivity index (χ0v) is 7.37. The molecular weight excluding hydrogens is 162 g/mol. The summed E-state index contributed by atoms with van der Waals surface area (Å²) in [5, 5.41) is 0. The molecule has 0 spiro atoms. The smallest absolute Gasteiger partial charge is 0.118 e. The summed E-state index contributed by atoms with van der Waals surface area (Å²) in [7, 11) is 1.66. The molecule has 2 rings (SSSR count). The van der Waals surface area contributed by atoms with Crippen molar-refractivity contribution in [2.24, 2.45) is 0 Å². The monoisotopic (exact) mass is 172 g/mol. The van der Waals surface area contributed by atoms with Gasteiger partial charge in [-0.2, -0.15) is 0 Å². The van der Waals surface area contributed by atoms with Crippen LogP contribution in [-0.2, 0) is 0 Å². The second-order valence-electron chi connectivity index (χ2n) is 2.74. The predicted molar refractivity (Wildman–Crippen MR) is 51.6 cm³/mol. The summed E-state index contributed by atoms with van der Waals surface area (Å²) in [5.74, 6) is 0.874. The number of rotatable bonds is 2. The van der Waals surface area contributed by atoms with Crippen molar-refractivity contribution in [1.82, 2.24) is 4.98 Å². The summed E-state index contributed by atoms with van der Waals surface area (Å²) < 4.78 is 5.07. The Morgan fingerprint density at radius 2 is 1.92 bits per heavy atom. The van der Waals surface area contributed by atoms with E-state index in [1.807, 2.05) is 36.4 Å². The minimum Gasteiger partial charge on any atom is -0.497 e. The fourth-order valence-corrected chi connectivity index (χ4v) is 1.23. The van der Waals surface area contributed by atoms with Crippen LogP contribution in [0.25, 0.3) is 11.3 Å². The van der Waals surface area contributed by atoms with Gasteiger partial charge in [0.05, 0.1) is 13.3 Å². The van der Waals surface area contributed by atoms with Crippen molar-refractivity contribution >= 4 is 0 Å². The van der Waals surface area contributed by atoms with Gasteiger partial charge in [0.25, 0.3) is 0 Å². The second-order valence-corrected chi connectivity index (χ2v) is 2.74. The maximum absolute atomic E-state index is 5.07. The van der Waals surface area contributed by atoms with Crippen LogP contribution in [0.5, 0.6) is 5.75 Å². The summed E-state index contributed by atoms with van der Waals surface area (Å²) in [6, 6.07) is 11.8. The van der Waals surface area contributed by atoms with Gasteiger partial charge in [-0.15, -0.1) is 0 Å². The number of methoxy groups -OCH3 is 1. The molecule has 1 radical (unpaired) electrons. The fourth-order valence-electron chi connectivity index (χ4n) is 1.23. The summed E-state index contributed by atoms with van der Waals surface area (Å²) in [6.07, 6.45) is 2.90. The van der Waals surface area contributed by atoms with E-state index in [1.165, 1.54) is 0 Å². The van der Waals surface area contributed by atoms with Crippen LogP contribution in [0, 0.1) is 6.20 Å². The first-order valence-corrected chi connectivity index (χ1v) is 4.09. The van der Waals surface area contributed by atoms with Crippen molar-refractivity contribution in [2.45, 2.75) is 0 Å². The number of hydrogen-bond donors (Lipinski definition) is 1. The molecular formula is C11H10NO. The molecule has 0 fully saturated rings. The summed E-state index contributed by atoms with van der Waals surface area (Å²) >= 11 is 0. The number of ether oxygens (including phenoxy) is 1. The third-order valence-electron chi connectivity index (χ3n) is 1.94. The van der Waals surface area contributed by atoms with Crippen LogP contribution in [-0.4, -0.2) is 12.1 Å². The standard InChI is InChI=1S/C11H10NO/c1-13-10-6-4-9(5-7-10)11-3-2-8-12-11/h2-7,12H,1H3. The van der Waals surface area contributed by atoms with Gasteiger partial charge < -0.3 is 9.72 Å². The van der Waals surface area contributed by atoms with Crippen LogP contribution in [0.4, 0.5) is 0 Å². The molecule has 0 aliphatic heterocycles. The lowest BCUT2D eigenvalue weighted by molar-refractivity contribution is 0.415. The lowest BCUT2D eigenvalue weighted by Gasteiger charge is -2.00. The van der Waals surface area contributed by atoms with Gasteiger partial charge in [-0.3, -0.25) is 0 Å². The van der Waals surface area contributed by atoms with Gasteiger partial charge in [0.1, 0.15) is 5.75 Å². The first kappa shape index (κ1) is 7.92. The lowest BCUT2D eigenvalue weighted by Crippen LogP contribution is -1.82. The van der Waals surface area contributed by atoms with Gasteiger partial charge in [0, 0.05) is 5.69 Å². The molecule has 2 nitrogen and oxygen atoms in total. The van der Waals surface area contributed by atoms with E-state index in [0.29, 0.717) is 0 Å². The average Bonchev–Trinajstić information content (AvgIpc) is 2.71. The van der Waals surface area contributed by atoms with Gasteiger partial charge in [-0.05, 0) is 42.0 Å². The van der Waals surface area contributed by atoms with E-state index >= 15 is 0 Å². The molecule has 65 valence electrons. The zero-order chi connectivity index (χ0) is 9.10. The normalized spacial score (nSPS) is 9.92. The molecule has 1 heterocycles. The van der Waals surface area contributed by atoms with Gasteiger partial charge >= 0.3 is 0 Å². The lowest BCUT2D eigenvalue weighted by atomic mass is 10.1. The molecule has 0 unspecified atom stereocenters. The highest BCUT2D eigenvalue weighted by Crippen LogP contribution is 2.19. The molecule has 0 aliphatic rings. The molecule has 2 heteroatoms. The second kappa shape index (κ2) is 3.35. The molecule has 1 aromatic carbocycles. The van der Waals surface area contributed by atoms with Crippen molar-refractivity contribution in [3.63, 3.8) is 0 Å². The predicted octanol–water partition coefficient (Wildman–Crippen LogP) is 2.49. The van der Waals surface area contributed by atoms with Crippen LogP contribution < -0.4 is 4.74 Å². The van der Waals surface area contributed by atoms with Crippen LogP contribution in [0.3, 0.4) is 0 Å². The zero-order valence-electron chi connectivity index (χ0n) is 7.37. The third-order valence-corrected chi connectivity index (χ3v) is 1.94. The first-order valence-electron chi connectivity index (χ1n) is 4.09. The fraction of sp³-hybridized carbons (Fsp3) is 0.0909. The van der Waals surface area contributed by atoms with E-state index in [4.69, 9.17) is 4.74 Å². The van der Waals surface area contributed by atoms with Crippen LogP contribution >= 0.6 is 0 Å². The van der Waals surface area contributed by atoms with Crippen LogP contribution in [0.1, 0.15) is 0 Å². The van der Waals surface area contributed by atoms with E-state index < -0.39 is 0 Å². The molecule has 0 saturated heterocycles. The van der Waals surface area contributed by atoms with Crippen LogP contribution in [0.2, 0.25) is 0 Å². The Labute approximate surface area is 77.2 Å². The minimum atomic E-state index is 0.874. The van der Waals surface area contributed by atoms with E-state index in [-0.39, 0.29) is 0 Å². The molecule has 0 aliphatic carbocycles. The Morgan fingerprint density at radius 3 is 2.46 bits per heavy atom. The van der Waals surface area contributed by atoms with E-state index in [0.717, 1.165) is 17.0 Å². The number of aromatic nitrogens is 1. The van der Waals surface area contributed by atoms with Gasteiger partial charge in [-0.25, -0.2) is 0 Å². The number of hydrogen-bond acceptors (Lipinski definition) is 1.